The molecule has 0 unspecified atom stereocenters. The Morgan fingerprint density at radius 1 is 1.19 bits per heavy atom. The molecule has 0 aliphatic carbocycles. The summed E-state index contributed by atoms with van der Waals surface area (Å²) in [5.74, 6) is -0.104. The van der Waals surface area contributed by atoms with Crippen molar-refractivity contribution in [3.8, 4) is 0 Å². The number of benzene rings is 1. The molecular formula is C17H29N3O. The van der Waals surface area contributed by atoms with E-state index in [2.05, 4.69) is 30.1 Å². The van der Waals surface area contributed by atoms with Crippen molar-refractivity contribution >= 4 is 11.6 Å². The molecule has 0 atom stereocenters. The van der Waals surface area contributed by atoms with Gasteiger partial charge in [-0.1, -0.05) is 39.8 Å². The predicted octanol–water partition coefficient (Wildman–Crippen LogP) is 2.98. The van der Waals surface area contributed by atoms with Crippen LogP contribution in [0.1, 0.15) is 46.1 Å². The van der Waals surface area contributed by atoms with Crippen LogP contribution in [0.3, 0.4) is 0 Å². The average Bonchev–Trinajstić information content (AvgIpc) is 2.52. The fraction of sp³-hybridized carbons (Fsp3) is 0.588. The number of hydrogen-bond donors (Lipinski definition) is 2. The number of carbonyl (C=O) groups is 1. The van der Waals surface area contributed by atoms with Gasteiger partial charge in [-0.2, -0.15) is 0 Å². The van der Waals surface area contributed by atoms with Crippen LogP contribution in [0.2, 0.25) is 0 Å². The maximum atomic E-state index is 12.3. The van der Waals surface area contributed by atoms with Gasteiger partial charge < -0.3 is 11.1 Å². The van der Waals surface area contributed by atoms with Gasteiger partial charge in [0.05, 0.1) is 5.54 Å². The van der Waals surface area contributed by atoms with Crippen molar-refractivity contribution in [2.24, 2.45) is 5.73 Å². The number of nitrogens with zero attached hydrogens (tertiary/aromatic N) is 1. The molecule has 3 N–H and O–H groups in total. The van der Waals surface area contributed by atoms with Crippen LogP contribution < -0.4 is 11.1 Å². The Hall–Kier alpha value is -1.39. The van der Waals surface area contributed by atoms with E-state index >= 15 is 0 Å². The molecule has 1 rings (SSSR count). The molecule has 0 saturated carbocycles. The summed E-state index contributed by atoms with van der Waals surface area (Å²) in [6.07, 6.45) is 1.27. The van der Waals surface area contributed by atoms with E-state index in [9.17, 15) is 4.79 Å². The van der Waals surface area contributed by atoms with Gasteiger partial charge in [-0.15, -0.1) is 0 Å². The predicted molar refractivity (Wildman–Crippen MR) is 89.2 cm³/mol. The third-order valence-electron chi connectivity index (χ3n) is 4.20. The van der Waals surface area contributed by atoms with E-state index < -0.39 is 5.54 Å². The number of hydrogen-bond acceptors (Lipinski definition) is 3. The first-order valence-electron chi connectivity index (χ1n) is 7.90. The third kappa shape index (κ3) is 4.83. The Bertz CT molecular complexity index is 451. The summed E-state index contributed by atoms with van der Waals surface area (Å²) < 4.78 is 0. The summed E-state index contributed by atoms with van der Waals surface area (Å²) >= 11 is 0. The summed E-state index contributed by atoms with van der Waals surface area (Å²) in [7, 11) is 0. The molecule has 1 amide bonds. The topological polar surface area (TPSA) is 58.4 Å². The van der Waals surface area contributed by atoms with Gasteiger partial charge in [0, 0.05) is 12.2 Å². The van der Waals surface area contributed by atoms with Crippen molar-refractivity contribution in [2.75, 3.05) is 18.4 Å². The lowest BCUT2D eigenvalue weighted by Crippen LogP contribution is -2.50. The van der Waals surface area contributed by atoms with Crippen LogP contribution in [-0.2, 0) is 11.3 Å². The van der Waals surface area contributed by atoms with E-state index in [4.69, 9.17) is 5.73 Å². The smallest absolute Gasteiger partial charge is 0.244 e. The monoisotopic (exact) mass is 291 g/mol. The Kier molecular flexibility index (Phi) is 6.85. The molecule has 0 radical (unpaired) electrons. The van der Waals surface area contributed by atoms with Crippen molar-refractivity contribution in [2.45, 2.75) is 52.6 Å². The van der Waals surface area contributed by atoms with Crippen molar-refractivity contribution < 1.29 is 4.79 Å². The Labute approximate surface area is 128 Å². The molecule has 21 heavy (non-hydrogen) atoms. The highest BCUT2D eigenvalue weighted by Crippen LogP contribution is 2.17. The summed E-state index contributed by atoms with van der Waals surface area (Å²) in [6.45, 7) is 11.1. The molecular weight excluding hydrogens is 262 g/mol. The van der Waals surface area contributed by atoms with Crippen molar-refractivity contribution in [1.82, 2.24) is 4.90 Å². The van der Waals surface area contributed by atoms with Crippen LogP contribution >= 0.6 is 0 Å². The van der Waals surface area contributed by atoms with E-state index in [1.807, 2.05) is 32.0 Å². The lowest BCUT2D eigenvalue weighted by Gasteiger charge is -2.25. The molecule has 4 heteroatoms. The van der Waals surface area contributed by atoms with E-state index in [1.165, 1.54) is 5.56 Å². The SMILES string of the molecule is CCN(CC)Cc1cccc(NC(=O)C(N)(CC)CC)c1. The number of rotatable bonds is 8. The second-order valence-corrected chi connectivity index (χ2v) is 5.48. The quantitative estimate of drug-likeness (QED) is 0.774. The van der Waals surface area contributed by atoms with Gasteiger partial charge in [0.1, 0.15) is 0 Å². The first-order chi connectivity index (χ1) is 9.98. The lowest BCUT2D eigenvalue weighted by molar-refractivity contribution is -0.121. The Balaban J connectivity index is 2.79. The molecule has 0 heterocycles. The number of carbonyl (C=O) groups excluding carboxylic acids is 1. The average molecular weight is 291 g/mol. The number of nitrogens with two attached hydrogens (primary N) is 1. The summed E-state index contributed by atoms with van der Waals surface area (Å²) in [6, 6.07) is 8.01. The first kappa shape index (κ1) is 17.7. The van der Waals surface area contributed by atoms with E-state index in [0.29, 0.717) is 12.8 Å². The summed E-state index contributed by atoms with van der Waals surface area (Å²) in [5, 5.41) is 2.95. The standard InChI is InChI=1S/C17H29N3O/c1-5-17(18,6-2)16(21)19-15-11-9-10-14(12-15)13-20(7-3)8-4/h9-12H,5-8,13,18H2,1-4H3,(H,19,21). The fourth-order valence-corrected chi connectivity index (χ4v) is 2.28. The molecule has 0 bridgehead atoms. The van der Waals surface area contributed by atoms with Crippen LogP contribution in [0, 0.1) is 0 Å². The normalized spacial score (nSPS) is 11.7. The van der Waals surface area contributed by atoms with Crippen molar-refractivity contribution in [1.29, 1.82) is 0 Å². The van der Waals surface area contributed by atoms with Gasteiger partial charge >= 0.3 is 0 Å². The fourth-order valence-electron chi connectivity index (χ4n) is 2.28. The molecule has 1 aromatic carbocycles. The third-order valence-corrected chi connectivity index (χ3v) is 4.20. The minimum Gasteiger partial charge on any atom is -0.324 e. The van der Waals surface area contributed by atoms with Gasteiger partial charge in [-0.05, 0) is 43.6 Å². The van der Waals surface area contributed by atoms with Gasteiger partial charge in [-0.25, -0.2) is 0 Å². The summed E-state index contributed by atoms with van der Waals surface area (Å²) in [5.41, 5.74) is 7.37. The molecule has 0 aliphatic heterocycles. The van der Waals surface area contributed by atoms with Crippen LogP contribution in [0.5, 0.6) is 0 Å². The number of anilines is 1. The minimum absolute atomic E-state index is 0.104. The van der Waals surface area contributed by atoms with Gasteiger partial charge in [0.15, 0.2) is 0 Å². The first-order valence-corrected chi connectivity index (χ1v) is 7.90. The zero-order chi connectivity index (χ0) is 15.9. The number of amides is 1. The van der Waals surface area contributed by atoms with E-state index in [-0.39, 0.29) is 5.91 Å². The molecule has 0 saturated heterocycles. The number of nitrogens with one attached hydrogen (secondary N) is 1. The van der Waals surface area contributed by atoms with Crippen LogP contribution in [0.25, 0.3) is 0 Å². The highest BCUT2D eigenvalue weighted by atomic mass is 16.2. The van der Waals surface area contributed by atoms with Gasteiger partial charge in [-0.3, -0.25) is 9.69 Å². The maximum Gasteiger partial charge on any atom is 0.244 e. The molecule has 0 fully saturated rings. The zero-order valence-electron chi connectivity index (χ0n) is 13.8. The summed E-state index contributed by atoms with van der Waals surface area (Å²) in [4.78, 5) is 14.6. The van der Waals surface area contributed by atoms with E-state index in [0.717, 1.165) is 25.3 Å². The van der Waals surface area contributed by atoms with E-state index in [1.54, 1.807) is 0 Å². The maximum absolute atomic E-state index is 12.3. The molecule has 0 spiro atoms. The highest BCUT2D eigenvalue weighted by Gasteiger charge is 2.29. The second-order valence-electron chi connectivity index (χ2n) is 5.48. The molecule has 1 aromatic rings. The zero-order valence-corrected chi connectivity index (χ0v) is 13.8. The minimum atomic E-state index is -0.783. The second kappa shape index (κ2) is 8.15. The van der Waals surface area contributed by atoms with Crippen LogP contribution in [0.15, 0.2) is 24.3 Å². The Morgan fingerprint density at radius 3 is 2.33 bits per heavy atom. The lowest BCUT2D eigenvalue weighted by atomic mass is 9.93. The molecule has 118 valence electrons. The van der Waals surface area contributed by atoms with Crippen LogP contribution in [-0.4, -0.2) is 29.4 Å². The van der Waals surface area contributed by atoms with Crippen molar-refractivity contribution in [3.63, 3.8) is 0 Å². The van der Waals surface area contributed by atoms with Crippen LogP contribution in [0.4, 0.5) is 5.69 Å². The Morgan fingerprint density at radius 2 is 1.81 bits per heavy atom. The van der Waals surface area contributed by atoms with Crippen molar-refractivity contribution in [3.05, 3.63) is 29.8 Å². The molecule has 4 nitrogen and oxygen atoms in total. The highest BCUT2D eigenvalue weighted by molar-refractivity contribution is 5.97. The largest absolute Gasteiger partial charge is 0.324 e. The van der Waals surface area contributed by atoms with Gasteiger partial charge in [0.2, 0.25) is 5.91 Å². The van der Waals surface area contributed by atoms with Gasteiger partial charge in [0.25, 0.3) is 0 Å². The molecule has 0 aliphatic rings. The molecule has 0 aromatic heterocycles.